The summed E-state index contributed by atoms with van der Waals surface area (Å²) in [7, 11) is 0. The van der Waals surface area contributed by atoms with Crippen molar-refractivity contribution in [3.63, 3.8) is 0 Å². The maximum atomic E-state index is 3.57. The van der Waals surface area contributed by atoms with E-state index < -0.39 is 0 Å². The largest absolute Gasteiger partial charge is 0.313 e. The van der Waals surface area contributed by atoms with E-state index in [9.17, 15) is 0 Å². The van der Waals surface area contributed by atoms with Gasteiger partial charge < -0.3 is 5.32 Å². The molecule has 1 saturated carbocycles. The monoisotopic (exact) mass is 257 g/mol. The molecule has 0 aromatic heterocycles. The van der Waals surface area contributed by atoms with Gasteiger partial charge in [0.1, 0.15) is 0 Å². The maximum absolute atomic E-state index is 3.57. The van der Waals surface area contributed by atoms with Gasteiger partial charge in [0.15, 0.2) is 0 Å². The van der Waals surface area contributed by atoms with Crippen molar-refractivity contribution in [2.45, 2.75) is 39.0 Å². The first-order chi connectivity index (χ1) is 9.38. The molecule has 0 amide bonds. The second kappa shape index (κ2) is 8.16. The molecule has 1 aromatic rings. The van der Waals surface area contributed by atoms with Gasteiger partial charge in [-0.05, 0) is 36.8 Å². The van der Waals surface area contributed by atoms with E-state index in [0.717, 1.165) is 18.4 Å². The van der Waals surface area contributed by atoms with Crippen molar-refractivity contribution in [3.05, 3.63) is 42.0 Å². The third kappa shape index (κ3) is 5.20. The van der Waals surface area contributed by atoms with Crippen molar-refractivity contribution in [1.82, 2.24) is 5.32 Å². The third-order valence-corrected chi connectivity index (χ3v) is 4.35. The minimum Gasteiger partial charge on any atom is -0.313 e. The van der Waals surface area contributed by atoms with Gasteiger partial charge in [0.2, 0.25) is 0 Å². The van der Waals surface area contributed by atoms with Gasteiger partial charge in [-0.2, -0.15) is 0 Å². The minimum atomic E-state index is 0.910. The van der Waals surface area contributed by atoms with E-state index in [1.807, 2.05) is 0 Å². The van der Waals surface area contributed by atoms with Crippen LogP contribution in [0.2, 0.25) is 0 Å². The van der Waals surface area contributed by atoms with E-state index in [4.69, 9.17) is 0 Å². The van der Waals surface area contributed by atoms with Gasteiger partial charge in [0.05, 0.1) is 0 Å². The van der Waals surface area contributed by atoms with E-state index >= 15 is 0 Å². The zero-order valence-electron chi connectivity index (χ0n) is 12.1. The van der Waals surface area contributed by atoms with Crippen LogP contribution in [0.3, 0.4) is 0 Å². The van der Waals surface area contributed by atoms with Crippen LogP contribution in [0.1, 0.15) is 44.6 Å². The Morgan fingerprint density at radius 1 is 1.05 bits per heavy atom. The van der Waals surface area contributed by atoms with Crippen molar-refractivity contribution in [2.24, 2.45) is 11.8 Å². The fraction of sp³-hybridized carbons (Fsp3) is 0.556. The lowest BCUT2D eigenvalue weighted by Gasteiger charge is -2.27. The number of hydrogen-bond acceptors (Lipinski definition) is 1. The SMILES string of the molecule is CCC1CCC(CNCC=Cc2ccccc2)CC1. The molecule has 0 atom stereocenters. The molecule has 1 aliphatic rings. The zero-order valence-corrected chi connectivity index (χ0v) is 12.1. The molecule has 2 rings (SSSR count). The lowest BCUT2D eigenvalue weighted by molar-refractivity contribution is 0.264. The van der Waals surface area contributed by atoms with Crippen LogP contribution in [0.4, 0.5) is 0 Å². The van der Waals surface area contributed by atoms with Crippen LogP contribution in [-0.2, 0) is 0 Å². The molecule has 1 nitrogen and oxygen atoms in total. The lowest BCUT2D eigenvalue weighted by Crippen LogP contribution is -2.26. The lowest BCUT2D eigenvalue weighted by atomic mass is 9.81. The Bertz CT molecular complexity index is 361. The summed E-state index contributed by atoms with van der Waals surface area (Å²) < 4.78 is 0. The minimum absolute atomic E-state index is 0.910. The summed E-state index contributed by atoms with van der Waals surface area (Å²) in [5.41, 5.74) is 1.28. The highest BCUT2D eigenvalue weighted by Crippen LogP contribution is 2.29. The highest BCUT2D eigenvalue weighted by Gasteiger charge is 2.18. The Morgan fingerprint density at radius 3 is 2.42 bits per heavy atom. The van der Waals surface area contributed by atoms with Crippen LogP contribution in [0.5, 0.6) is 0 Å². The van der Waals surface area contributed by atoms with Crippen LogP contribution < -0.4 is 5.32 Å². The van der Waals surface area contributed by atoms with Crippen LogP contribution in [0.25, 0.3) is 6.08 Å². The van der Waals surface area contributed by atoms with Gasteiger partial charge in [-0.15, -0.1) is 0 Å². The van der Waals surface area contributed by atoms with E-state index in [2.05, 4.69) is 54.7 Å². The average molecular weight is 257 g/mol. The standard InChI is InChI=1S/C18H27N/c1-2-16-10-12-18(13-11-16)15-19-14-6-9-17-7-4-3-5-8-17/h3-9,16,18-19H,2,10-15H2,1H3. The molecule has 1 N–H and O–H groups in total. The van der Waals surface area contributed by atoms with Crippen LogP contribution in [0, 0.1) is 11.8 Å². The van der Waals surface area contributed by atoms with Crippen molar-refractivity contribution in [3.8, 4) is 0 Å². The molecule has 0 radical (unpaired) electrons. The van der Waals surface area contributed by atoms with E-state index in [0.29, 0.717) is 0 Å². The van der Waals surface area contributed by atoms with Gasteiger partial charge in [-0.3, -0.25) is 0 Å². The molecular formula is C18H27N. The molecule has 104 valence electrons. The van der Waals surface area contributed by atoms with E-state index in [-0.39, 0.29) is 0 Å². The molecule has 1 fully saturated rings. The average Bonchev–Trinajstić information content (AvgIpc) is 2.49. The predicted octanol–water partition coefficient (Wildman–Crippen LogP) is 4.51. The predicted molar refractivity (Wildman–Crippen MR) is 84.1 cm³/mol. The first-order valence-corrected chi connectivity index (χ1v) is 7.80. The first-order valence-electron chi connectivity index (χ1n) is 7.80. The Kier molecular flexibility index (Phi) is 6.16. The second-order valence-corrected chi connectivity index (χ2v) is 5.77. The molecule has 19 heavy (non-hydrogen) atoms. The molecule has 1 heteroatoms. The Morgan fingerprint density at radius 2 is 1.74 bits per heavy atom. The summed E-state index contributed by atoms with van der Waals surface area (Å²) in [5.74, 6) is 1.92. The second-order valence-electron chi connectivity index (χ2n) is 5.77. The Labute approximate surface area is 118 Å². The fourth-order valence-corrected chi connectivity index (χ4v) is 2.97. The molecule has 0 bridgehead atoms. The number of rotatable bonds is 6. The summed E-state index contributed by atoms with van der Waals surface area (Å²) in [6.07, 6.45) is 11.5. The molecule has 0 unspecified atom stereocenters. The normalized spacial score (nSPS) is 23.8. The molecule has 1 aromatic carbocycles. The number of hydrogen-bond donors (Lipinski definition) is 1. The van der Waals surface area contributed by atoms with Gasteiger partial charge in [0, 0.05) is 6.54 Å². The quantitative estimate of drug-likeness (QED) is 0.740. The molecule has 0 aliphatic heterocycles. The number of benzene rings is 1. The summed E-state index contributed by atoms with van der Waals surface area (Å²) >= 11 is 0. The fourth-order valence-electron chi connectivity index (χ4n) is 2.97. The molecule has 0 spiro atoms. The Balaban J connectivity index is 1.59. The van der Waals surface area contributed by atoms with Crippen LogP contribution >= 0.6 is 0 Å². The third-order valence-electron chi connectivity index (χ3n) is 4.35. The van der Waals surface area contributed by atoms with Crippen molar-refractivity contribution < 1.29 is 0 Å². The van der Waals surface area contributed by atoms with Crippen molar-refractivity contribution >= 4 is 6.08 Å². The summed E-state index contributed by atoms with van der Waals surface area (Å²) in [5, 5.41) is 3.57. The molecule has 1 aliphatic carbocycles. The number of nitrogens with one attached hydrogen (secondary N) is 1. The highest BCUT2D eigenvalue weighted by molar-refractivity contribution is 5.48. The van der Waals surface area contributed by atoms with Gasteiger partial charge in [0.25, 0.3) is 0 Å². The van der Waals surface area contributed by atoms with Crippen LogP contribution in [0.15, 0.2) is 36.4 Å². The molecule has 0 saturated heterocycles. The van der Waals surface area contributed by atoms with Gasteiger partial charge in [-0.1, -0.05) is 68.7 Å². The summed E-state index contributed by atoms with van der Waals surface area (Å²) in [4.78, 5) is 0. The van der Waals surface area contributed by atoms with Gasteiger partial charge >= 0.3 is 0 Å². The van der Waals surface area contributed by atoms with Crippen molar-refractivity contribution in [1.29, 1.82) is 0 Å². The molecular weight excluding hydrogens is 230 g/mol. The van der Waals surface area contributed by atoms with E-state index in [1.54, 1.807) is 0 Å². The summed E-state index contributed by atoms with van der Waals surface area (Å²) in [6, 6.07) is 10.5. The van der Waals surface area contributed by atoms with Crippen LogP contribution in [-0.4, -0.2) is 13.1 Å². The summed E-state index contributed by atoms with van der Waals surface area (Å²) in [6.45, 7) is 4.51. The smallest absolute Gasteiger partial charge is 0.0138 e. The molecule has 0 heterocycles. The maximum Gasteiger partial charge on any atom is 0.0138 e. The topological polar surface area (TPSA) is 12.0 Å². The van der Waals surface area contributed by atoms with Gasteiger partial charge in [-0.25, -0.2) is 0 Å². The Hall–Kier alpha value is -1.08. The highest BCUT2D eigenvalue weighted by atomic mass is 14.8. The van der Waals surface area contributed by atoms with Crippen molar-refractivity contribution in [2.75, 3.05) is 13.1 Å². The zero-order chi connectivity index (χ0) is 13.3. The first kappa shape index (κ1) is 14.3. The van der Waals surface area contributed by atoms with E-state index in [1.165, 1.54) is 44.2 Å².